The molecule has 0 aliphatic carbocycles. The number of amides is 4. The van der Waals surface area contributed by atoms with Crippen LogP contribution in [0.1, 0.15) is 37.2 Å². The van der Waals surface area contributed by atoms with Gasteiger partial charge in [0.25, 0.3) is 17.7 Å². The van der Waals surface area contributed by atoms with Gasteiger partial charge in [-0.1, -0.05) is 19.9 Å². The average molecular weight is 492 g/mol. The standard InChI is InChI=1S/C23H30ClN5O5/c1-13(2)9-17(23(33)28-29(20(30)11-24)12-14-7-8-25-21(14)31)27-22(32)18-10-15-16(26-18)5-4-6-19(15)34-3/h4-6,10,13-14,17,26H,7-9,11-12H2,1-3H3,(H,25,31)(H,27,32)(H,28,33)/t14-,17-/m0/s1. The van der Waals surface area contributed by atoms with Gasteiger partial charge in [0.15, 0.2) is 0 Å². The Morgan fingerprint density at radius 2 is 2.06 bits per heavy atom. The maximum absolute atomic E-state index is 13.1. The third kappa shape index (κ3) is 5.99. The number of methoxy groups -OCH3 is 1. The molecule has 1 saturated heterocycles. The molecule has 184 valence electrons. The first-order chi connectivity index (χ1) is 16.2. The van der Waals surface area contributed by atoms with Crippen LogP contribution in [0.25, 0.3) is 10.9 Å². The van der Waals surface area contributed by atoms with Crippen LogP contribution in [0, 0.1) is 11.8 Å². The molecule has 1 fully saturated rings. The lowest BCUT2D eigenvalue weighted by molar-refractivity contribution is -0.142. The number of carbonyl (C=O) groups is 4. The van der Waals surface area contributed by atoms with E-state index < -0.39 is 29.7 Å². The third-order valence-corrected chi connectivity index (χ3v) is 5.87. The minimum absolute atomic E-state index is 0.00723. The van der Waals surface area contributed by atoms with E-state index in [0.717, 1.165) is 15.9 Å². The van der Waals surface area contributed by atoms with Crippen molar-refractivity contribution < 1.29 is 23.9 Å². The molecule has 1 aromatic heterocycles. The molecule has 0 unspecified atom stereocenters. The van der Waals surface area contributed by atoms with Crippen LogP contribution in [0.3, 0.4) is 0 Å². The van der Waals surface area contributed by atoms with Crippen molar-refractivity contribution in [3.8, 4) is 5.75 Å². The number of carbonyl (C=O) groups excluding carboxylic acids is 4. The summed E-state index contributed by atoms with van der Waals surface area (Å²) < 4.78 is 5.34. The topological polar surface area (TPSA) is 133 Å². The van der Waals surface area contributed by atoms with Gasteiger partial charge in [-0.2, -0.15) is 0 Å². The molecule has 4 amide bonds. The number of aromatic amines is 1. The summed E-state index contributed by atoms with van der Waals surface area (Å²) in [6.07, 6.45) is 0.894. The SMILES string of the molecule is COc1cccc2[nH]c(C(=O)N[C@@H](CC(C)C)C(=O)NN(C[C@@H]3CCNC3=O)C(=O)CCl)cc12. The maximum Gasteiger partial charge on any atom is 0.268 e. The van der Waals surface area contributed by atoms with Gasteiger partial charge < -0.3 is 20.4 Å². The maximum atomic E-state index is 13.1. The lowest BCUT2D eigenvalue weighted by atomic mass is 10.0. The lowest BCUT2D eigenvalue weighted by Gasteiger charge is -2.28. The third-order valence-electron chi connectivity index (χ3n) is 5.64. The summed E-state index contributed by atoms with van der Waals surface area (Å²) in [6.45, 7) is 4.37. The number of hydrogen-bond acceptors (Lipinski definition) is 5. The first-order valence-corrected chi connectivity index (χ1v) is 11.7. The molecule has 0 radical (unpaired) electrons. The van der Waals surface area contributed by atoms with Gasteiger partial charge in [0.05, 0.1) is 19.6 Å². The van der Waals surface area contributed by atoms with Crippen molar-refractivity contribution >= 4 is 46.1 Å². The second-order valence-corrected chi connectivity index (χ2v) is 8.92. The van der Waals surface area contributed by atoms with Crippen LogP contribution in [-0.4, -0.2) is 65.7 Å². The Hall–Kier alpha value is -3.27. The number of hydrazine groups is 1. The molecular formula is C23H30ClN5O5. The number of alkyl halides is 1. The number of aromatic nitrogens is 1. The molecule has 11 heteroatoms. The van der Waals surface area contributed by atoms with Crippen molar-refractivity contribution in [2.45, 2.75) is 32.7 Å². The highest BCUT2D eigenvalue weighted by Crippen LogP contribution is 2.26. The number of nitrogens with zero attached hydrogens (tertiary/aromatic N) is 1. The molecule has 0 bridgehead atoms. The van der Waals surface area contributed by atoms with Gasteiger partial charge in [0, 0.05) is 17.4 Å². The normalized spacial score (nSPS) is 16.3. The van der Waals surface area contributed by atoms with E-state index >= 15 is 0 Å². The van der Waals surface area contributed by atoms with Gasteiger partial charge in [-0.05, 0) is 37.0 Å². The van der Waals surface area contributed by atoms with Gasteiger partial charge in [0.1, 0.15) is 23.4 Å². The van der Waals surface area contributed by atoms with E-state index in [-0.39, 0.29) is 29.9 Å². The Morgan fingerprint density at radius 3 is 2.68 bits per heavy atom. The number of halogens is 1. The number of ether oxygens (including phenoxy) is 1. The van der Waals surface area contributed by atoms with E-state index in [4.69, 9.17) is 16.3 Å². The molecule has 0 spiro atoms. The second-order valence-electron chi connectivity index (χ2n) is 8.65. The first kappa shape index (κ1) is 25.4. The molecule has 34 heavy (non-hydrogen) atoms. The Bertz CT molecular complexity index is 1070. The molecule has 3 rings (SSSR count). The van der Waals surface area contributed by atoms with Crippen molar-refractivity contribution in [2.24, 2.45) is 11.8 Å². The molecule has 2 heterocycles. The summed E-state index contributed by atoms with van der Waals surface area (Å²) in [6, 6.07) is 6.17. The van der Waals surface area contributed by atoms with Gasteiger partial charge in [-0.3, -0.25) is 29.6 Å². The number of benzene rings is 1. The average Bonchev–Trinajstić information content (AvgIpc) is 3.43. The van der Waals surface area contributed by atoms with Crippen molar-refractivity contribution in [1.29, 1.82) is 0 Å². The van der Waals surface area contributed by atoms with E-state index in [2.05, 4.69) is 21.0 Å². The minimum atomic E-state index is -0.913. The number of H-pyrrole nitrogens is 1. The molecule has 1 aromatic carbocycles. The van der Waals surface area contributed by atoms with Crippen molar-refractivity contribution in [1.82, 2.24) is 26.1 Å². The van der Waals surface area contributed by atoms with Crippen molar-refractivity contribution in [3.05, 3.63) is 30.0 Å². The van der Waals surface area contributed by atoms with Crippen LogP contribution < -0.4 is 20.8 Å². The van der Waals surface area contributed by atoms with Crippen molar-refractivity contribution in [2.75, 3.05) is 26.1 Å². The molecule has 2 aromatic rings. The molecular weight excluding hydrogens is 462 g/mol. The smallest absolute Gasteiger partial charge is 0.268 e. The van der Waals surface area contributed by atoms with E-state index in [1.165, 1.54) is 0 Å². The predicted molar refractivity (Wildman–Crippen MR) is 127 cm³/mol. The fourth-order valence-corrected chi connectivity index (χ4v) is 4.04. The molecule has 10 nitrogen and oxygen atoms in total. The van der Waals surface area contributed by atoms with E-state index in [1.54, 1.807) is 25.3 Å². The van der Waals surface area contributed by atoms with Crippen LogP contribution in [0.15, 0.2) is 24.3 Å². The summed E-state index contributed by atoms with van der Waals surface area (Å²) in [7, 11) is 1.55. The number of fused-ring (bicyclic) bond motifs is 1. The fourth-order valence-electron chi connectivity index (χ4n) is 3.90. The quantitative estimate of drug-likeness (QED) is 0.312. The largest absolute Gasteiger partial charge is 0.496 e. The Balaban J connectivity index is 1.75. The minimum Gasteiger partial charge on any atom is -0.496 e. The highest BCUT2D eigenvalue weighted by molar-refractivity contribution is 6.27. The zero-order valence-electron chi connectivity index (χ0n) is 19.4. The van der Waals surface area contributed by atoms with E-state index in [0.29, 0.717) is 25.1 Å². The predicted octanol–water partition coefficient (Wildman–Crippen LogP) is 1.56. The number of rotatable bonds is 9. The number of hydrogen-bond donors (Lipinski definition) is 4. The van der Waals surface area contributed by atoms with E-state index in [9.17, 15) is 19.2 Å². The molecule has 1 aliphatic rings. The van der Waals surface area contributed by atoms with Gasteiger partial charge >= 0.3 is 0 Å². The van der Waals surface area contributed by atoms with Crippen LogP contribution in [-0.2, 0) is 14.4 Å². The molecule has 0 saturated carbocycles. The van der Waals surface area contributed by atoms with Crippen molar-refractivity contribution in [3.63, 3.8) is 0 Å². The van der Waals surface area contributed by atoms with Crippen LogP contribution in [0.4, 0.5) is 0 Å². The molecule has 2 atom stereocenters. The Labute approximate surface area is 202 Å². The fraction of sp³-hybridized carbons (Fsp3) is 0.478. The van der Waals surface area contributed by atoms with E-state index in [1.807, 2.05) is 19.9 Å². The Kier molecular flexibility index (Phi) is 8.38. The monoisotopic (exact) mass is 491 g/mol. The second kappa shape index (κ2) is 11.2. The van der Waals surface area contributed by atoms with Gasteiger partial charge in [-0.25, -0.2) is 0 Å². The van der Waals surface area contributed by atoms with Gasteiger partial charge in [0.2, 0.25) is 5.91 Å². The zero-order chi connectivity index (χ0) is 24.8. The van der Waals surface area contributed by atoms with Crippen LogP contribution in [0.2, 0.25) is 0 Å². The summed E-state index contributed by atoms with van der Waals surface area (Å²) >= 11 is 5.72. The lowest BCUT2D eigenvalue weighted by Crippen LogP contribution is -2.56. The highest BCUT2D eigenvalue weighted by atomic mass is 35.5. The summed E-state index contributed by atoms with van der Waals surface area (Å²) in [5, 5.41) is 7.27. The molecule has 4 N–H and O–H groups in total. The molecule has 1 aliphatic heterocycles. The summed E-state index contributed by atoms with van der Waals surface area (Å²) in [4.78, 5) is 53.4. The summed E-state index contributed by atoms with van der Waals surface area (Å²) in [5.41, 5.74) is 3.56. The Morgan fingerprint density at radius 1 is 1.29 bits per heavy atom. The highest BCUT2D eigenvalue weighted by Gasteiger charge is 2.31. The zero-order valence-corrected chi connectivity index (χ0v) is 20.2. The first-order valence-electron chi connectivity index (χ1n) is 11.1. The van der Waals surface area contributed by atoms with Crippen LogP contribution in [0.5, 0.6) is 5.75 Å². The van der Waals surface area contributed by atoms with Gasteiger partial charge in [-0.15, -0.1) is 11.6 Å². The summed E-state index contributed by atoms with van der Waals surface area (Å²) in [5.74, 6) is -1.83. The number of nitrogens with one attached hydrogen (secondary N) is 4. The van der Waals surface area contributed by atoms with Crippen LogP contribution >= 0.6 is 11.6 Å².